The predicted octanol–water partition coefficient (Wildman–Crippen LogP) is 2.04. The van der Waals surface area contributed by atoms with Gasteiger partial charge in [-0.05, 0) is 28.8 Å². The van der Waals surface area contributed by atoms with Gasteiger partial charge in [-0.1, -0.05) is 0 Å². The maximum Gasteiger partial charge on any atom is 0.298 e. The van der Waals surface area contributed by atoms with E-state index in [4.69, 9.17) is 4.42 Å². The highest BCUT2D eigenvalue weighted by molar-refractivity contribution is 9.10. The van der Waals surface area contributed by atoms with Crippen LogP contribution < -0.4 is 4.90 Å². The Morgan fingerprint density at radius 3 is 2.73 bits per heavy atom. The van der Waals surface area contributed by atoms with E-state index in [2.05, 4.69) is 25.8 Å². The molecule has 0 radical (unpaired) electrons. The number of halogens is 1. The van der Waals surface area contributed by atoms with Crippen molar-refractivity contribution >= 4 is 21.9 Å². The molecule has 0 bridgehead atoms. The highest BCUT2D eigenvalue weighted by Crippen LogP contribution is 2.20. The van der Waals surface area contributed by atoms with Gasteiger partial charge in [0.05, 0.1) is 0 Å². The van der Waals surface area contributed by atoms with Crippen molar-refractivity contribution in [1.82, 2.24) is 4.98 Å². The molecule has 0 saturated carbocycles. The fraction of sp³-hybridized carbons (Fsp3) is 0.571. The second-order valence-electron chi connectivity index (χ2n) is 2.65. The number of nitrogens with zero attached hydrogens (tertiary/aromatic N) is 2. The third-order valence-corrected chi connectivity index (χ3v) is 2.20. The van der Waals surface area contributed by atoms with Gasteiger partial charge in [0, 0.05) is 13.1 Å². The Morgan fingerprint density at radius 1 is 1.45 bits per heavy atom. The summed E-state index contributed by atoms with van der Waals surface area (Å²) in [5, 5.41) is 0. The second-order valence-corrected chi connectivity index (χ2v) is 3.46. The summed E-state index contributed by atoms with van der Waals surface area (Å²) in [7, 11) is 0. The van der Waals surface area contributed by atoms with Gasteiger partial charge in [0.25, 0.3) is 6.01 Å². The van der Waals surface area contributed by atoms with Gasteiger partial charge in [0.15, 0.2) is 0 Å². The average Bonchev–Trinajstić information content (AvgIpc) is 2.55. The van der Waals surface area contributed by atoms with Gasteiger partial charge in [0.1, 0.15) is 10.9 Å². The fourth-order valence-electron chi connectivity index (χ4n) is 1.30. The molecule has 3 nitrogen and oxygen atoms in total. The van der Waals surface area contributed by atoms with Gasteiger partial charge in [-0.2, -0.15) is 4.98 Å². The van der Waals surface area contributed by atoms with Crippen LogP contribution in [0, 0.1) is 0 Å². The van der Waals surface area contributed by atoms with Crippen molar-refractivity contribution in [2.75, 3.05) is 18.0 Å². The zero-order valence-electron chi connectivity index (χ0n) is 6.09. The van der Waals surface area contributed by atoms with Crippen molar-refractivity contribution in [3.8, 4) is 0 Å². The summed E-state index contributed by atoms with van der Waals surface area (Å²) < 4.78 is 5.99. The Kier molecular flexibility index (Phi) is 1.85. The smallest absolute Gasteiger partial charge is 0.298 e. The van der Waals surface area contributed by atoms with Crippen LogP contribution in [0.5, 0.6) is 0 Å². The number of oxazole rings is 1. The first kappa shape index (κ1) is 7.16. The molecule has 1 aliphatic rings. The lowest BCUT2D eigenvalue weighted by Crippen LogP contribution is -2.17. The molecule has 1 fully saturated rings. The molecule has 0 aliphatic carbocycles. The van der Waals surface area contributed by atoms with Crippen LogP contribution >= 0.6 is 15.9 Å². The highest BCUT2D eigenvalue weighted by Gasteiger charge is 2.16. The van der Waals surface area contributed by atoms with E-state index in [1.54, 1.807) is 6.26 Å². The van der Waals surface area contributed by atoms with Gasteiger partial charge in [-0.15, -0.1) is 0 Å². The van der Waals surface area contributed by atoms with Crippen LogP contribution in [0.3, 0.4) is 0 Å². The van der Waals surface area contributed by atoms with Crippen molar-refractivity contribution < 1.29 is 4.42 Å². The Morgan fingerprint density at radius 2 is 2.18 bits per heavy atom. The molecule has 1 saturated heterocycles. The van der Waals surface area contributed by atoms with Crippen LogP contribution in [-0.4, -0.2) is 18.1 Å². The minimum atomic E-state index is 0.745. The molecule has 0 amide bonds. The third kappa shape index (κ3) is 1.40. The van der Waals surface area contributed by atoms with Gasteiger partial charge in [-0.3, -0.25) is 0 Å². The zero-order chi connectivity index (χ0) is 7.68. The summed E-state index contributed by atoms with van der Waals surface area (Å²) in [5.74, 6) is 0. The van der Waals surface area contributed by atoms with Gasteiger partial charge >= 0.3 is 0 Å². The molecular formula is C7H9BrN2O. The third-order valence-electron chi connectivity index (χ3n) is 1.84. The second kappa shape index (κ2) is 2.85. The van der Waals surface area contributed by atoms with Gasteiger partial charge in [0.2, 0.25) is 0 Å². The Labute approximate surface area is 73.5 Å². The molecule has 0 N–H and O–H groups in total. The molecule has 1 aromatic heterocycles. The van der Waals surface area contributed by atoms with Crippen molar-refractivity contribution in [2.24, 2.45) is 0 Å². The summed E-state index contributed by atoms with van der Waals surface area (Å²) in [6.45, 7) is 2.15. The Balaban J connectivity index is 2.15. The van der Waals surface area contributed by atoms with E-state index in [9.17, 15) is 0 Å². The number of hydrogen-bond donors (Lipinski definition) is 0. The minimum absolute atomic E-state index is 0.745. The van der Waals surface area contributed by atoms with Crippen LogP contribution in [-0.2, 0) is 0 Å². The summed E-state index contributed by atoms with van der Waals surface area (Å²) in [5.41, 5.74) is 0. The molecule has 60 valence electrons. The standard InChI is InChI=1S/C7H9BrN2O/c8-6-5-11-7(9-6)10-3-1-2-4-10/h5H,1-4H2. The monoisotopic (exact) mass is 216 g/mol. The maximum absolute atomic E-state index is 5.22. The van der Waals surface area contributed by atoms with E-state index in [-0.39, 0.29) is 0 Å². The summed E-state index contributed by atoms with van der Waals surface area (Å²) in [6.07, 6.45) is 4.12. The maximum atomic E-state index is 5.22. The molecule has 0 unspecified atom stereocenters. The van der Waals surface area contributed by atoms with Gasteiger partial charge in [-0.25, -0.2) is 0 Å². The fourth-order valence-corrected chi connectivity index (χ4v) is 1.54. The molecule has 2 heterocycles. The van der Waals surface area contributed by atoms with E-state index < -0.39 is 0 Å². The van der Waals surface area contributed by atoms with Crippen LogP contribution in [0.15, 0.2) is 15.3 Å². The van der Waals surface area contributed by atoms with Crippen molar-refractivity contribution in [1.29, 1.82) is 0 Å². The van der Waals surface area contributed by atoms with E-state index in [1.165, 1.54) is 12.8 Å². The lowest BCUT2D eigenvalue weighted by Gasteiger charge is -2.10. The van der Waals surface area contributed by atoms with Crippen molar-refractivity contribution in [2.45, 2.75) is 12.8 Å². The first-order valence-electron chi connectivity index (χ1n) is 3.72. The van der Waals surface area contributed by atoms with Crippen LogP contribution in [0.4, 0.5) is 6.01 Å². The first-order valence-corrected chi connectivity index (χ1v) is 4.51. The number of aromatic nitrogens is 1. The summed E-state index contributed by atoms with van der Waals surface area (Å²) in [4.78, 5) is 6.33. The Bertz CT molecular complexity index is 242. The van der Waals surface area contributed by atoms with Crippen LogP contribution in [0.25, 0.3) is 0 Å². The Hall–Kier alpha value is -0.510. The van der Waals surface area contributed by atoms with E-state index in [0.29, 0.717) is 0 Å². The van der Waals surface area contributed by atoms with Crippen molar-refractivity contribution in [3.05, 3.63) is 10.9 Å². The quantitative estimate of drug-likeness (QED) is 0.720. The highest BCUT2D eigenvalue weighted by atomic mass is 79.9. The van der Waals surface area contributed by atoms with E-state index in [1.807, 2.05) is 0 Å². The zero-order valence-corrected chi connectivity index (χ0v) is 7.67. The van der Waals surface area contributed by atoms with Gasteiger partial charge < -0.3 is 9.32 Å². The normalized spacial score (nSPS) is 17.7. The first-order chi connectivity index (χ1) is 5.36. The molecule has 0 aromatic carbocycles. The molecule has 0 spiro atoms. The average molecular weight is 217 g/mol. The summed E-state index contributed by atoms with van der Waals surface area (Å²) >= 11 is 3.25. The number of hydrogen-bond acceptors (Lipinski definition) is 3. The van der Waals surface area contributed by atoms with Crippen molar-refractivity contribution in [3.63, 3.8) is 0 Å². The largest absolute Gasteiger partial charge is 0.431 e. The van der Waals surface area contributed by atoms with E-state index >= 15 is 0 Å². The van der Waals surface area contributed by atoms with E-state index in [0.717, 1.165) is 23.7 Å². The topological polar surface area (TPSA) is 29.3 Å². The SMILES string of the molecule is Brc1coc(N2CCCC2)n1. The lowest BCUT2D eigenvalue weighted by molar-refractivity contribution is 0.546. The summed E-state index contributed by atoms with van der Waals surface area (Å²) in [6, 6.07) is 0.745. The molecule has 2 rings (SSSR count). The van der Waals surface area contributed by atoms with Crippen LogP contribution in [0.1, 0.15) is 12.8 Å². The molecule has 11 heavy (non-hydrogen) atoms. The lowest BCUT2D eigenvalue weighted by atomic mass is 10.4. The molecule has 1 aromatic rings. The minimum Gasteiger partial charge on any atom is -0.431 e. The number of rotatable bonds is 1. The molecule has 4 heteroatoms. The number of anilines is 1. The molecule has 1 aliphatic heterocycles. The molecule has 0 atom stereocenters. The molecular weight excluding hydrogens is 208 g/mol. The van der Waals surface area contributed by atoms with Crippen LogP contribution in [0.2, 0.25) is 0 Å². The predicted molar refractivity (Wildman–Crippen MR) is 45.7 cm³/mol.